The largest absolute Gasteiger partial charge is 0.323 e. The van der Waals surface area contributed by atoms with Gasteiger partial charge in [-0.2, -0.15) is 0 Å². The van der Waals surface area contributed by atoms with Crippen molar-refractivity contribution in [2.45, 2.75) is 31.5 Å². The summed E-state index contributed by atoms with van der Waals surface area (Å²) in [5.41, 5.74) is 0.621. The highest BCUT2D eigenvalue weighted by atomic mass is 32.2. The van der Waals surface area contributed by atoms with Gasteiger partial charge < -0.3 is 5.32 Å². The number of nitrogens with one attached hydrogen (secondary N) is 1. The second kappa shape index (κ2) is 8.93. The Morgan fingerprint density at radius 2 is 2.10 bits per heavy atom. The van der Waals surface area contributed by atoms with Gasteiger partial charge in [-0.05, 0) is 30.7 Å². The van der Waals surface area contributed by atoms with Crippen molar-refractivity contribution in [3.8, 4) is 0 Å². The summed E-state index contributed by atoms with van der Waals surface area (Å²) in [6.07, 6.45) is 3.44. The van der Waals surface area contributed by atoms with Gasteiger partial charge in [0.15, 0.2) is 5.16 Å². The van der Waals surface area contributed by atoms with Gasteiger partial charge in [0, 0.05) is 18.1 Å². The Kier molecular flexibility index (Phi) is 6.10. The number of thiophene rings is 1. The maximum atomic E-state index is 13.8. The smallest absolute Gasteiger partial charge is 0.272 e. The lowest BCUT2D eigenvalue weighted by Crippen LogP contribution is -2.23. The molecule has 4 rings (SSSR count). The average molecular weight is 443 g/mol. The number of hydrogen-bond donors (Lipinski definition) is 1. The van der Waals surface area contributed by atoms with Gasteiger partial charge in [0.05, 0.1) is 17.0 Å². The molecule has 0 aliphatic carbocycles. The van der Waals surface area contributed by atoms with Crippen LogP contribution in [0.2, 0.25) is 0 Å². The standard InChI is InChI=1S/C21H19FN4O2S2/c1-2-3-11-26-20(28)18-17(13-7-6-10-23-19(13)30-18)25-21(26)29-12-16(27)24-15-9-5-4-8-14(15)22/h4-10H,2-3,11-12H2,1H3,(H,24,27). The van der Waals surface area contributed by atoms with Crippen LogP contribution in [0.5, 0.6) is 0 Å². The summed E-state index contributed by atoms with van der Waals surface area (Å²) < 4.78 is 16.0. The van der Waals surface area contributed by atoms with E-state index in [2.05, 4.69) is 17.2 Å². The highest BCUT2D eigenvalue weighted by molar-refractivity contribution is 7.99. The molecule has 1 amide bonds. The number of pyridine rings is 1. The number of unbranched alkanes of at least 4 members (excludes halogenated alkanes) is 1. The molecule has 0 aliphatic heterocycles. The molecular weight excluding hydrogens is 423 g/mol. The first-order valence-corrected chi connectivity index (χ1v) is 11.3. The van der Waals surface area contributed by atoms with Gasteiger partial charge in [0.2, 0.25) is 5.91 Å². The molecule has 0 atom stereocenters. The Morgan fingerprint density at radius 3 is 2.90 bits per heavy atom. The van der Waals surface area contributed by atoms with E-state index < -0.39 is 5.82 Å². The molecule has 154 valence electrons. The van der Waals surface area contributed by atoms with Gasteiger partial charge >= 0.3 is 0 Å². The third-order valence-electron chi connectivity index (χ3n) is 4.53. The van der Waals surface area contributed by atoms with Crippen LogP contribution in [0.1, 0.15) is 19.8 Å². The summed E-state index contributed by atoms with van der Waals surface area (Å²) >= 11 is 2.51. The fraction of sp³-hybridized carbons (Fsp3) is 0.238. The van der Waals surface area contributed by atoms with Crippen LogP contribution < -0.4 is 10.9 Å². The molecule has 0 bridgehead atoms. The summed E-state index contributed by atoms with van der Waals surface area (Å²) in [6, 6.07) is 9.71. The summed E-state index contributed by atoms with van der Waals surface area (Å²) in [6.45, 7) is 2.58. The minimum absolute atomic E-state index is 0.0126. The molecule has 0 unspecified atom stereocenters. The van der Waals surface area contributed by atoms with Crippen molar-refractivity contribution in [2.24, 2.45) is 0 Å². The second-order valence-electron chi connectivity index (χ2n) is 6.66. The van der Waals surface area contributed by atoms with E-state index in [0.29, 0.717) is 21.9 Å². The minimum atomic E-state index is -0.493. The average Bonchev–Trinajstić information content (AvgIpc) is 3.12. The molecule has 9 heteroatoms. The topological polar surface area (TPSA) is 76.9 Å². The molecule has 6 nitrogen and oxygen atoms in total. The number of nitrogens with zero attached hydrogens (tertiary/aromatic N) is 3. The van der Waals surface area contributed by atoms with Crippen LogP contribution in [-0.2, 0) is 11.3 Å². The number of carbonyl (C=O) groups is 1. The normalized spacial score (nSPS) is 11.3. The first-order valence-electron chi connectivity index (χ1n) is 9.53. The Labute approximate surface area is 180 Å². The molecule has 0 fully saturated rings. The summed E-state index contributed by atoms with van der Waals surface area (Å²) in [7, 11) is 0. The van der Waals surface area contributed by atoms with Crippen molar-refractivity contribution in [1.82, 2.24) is 14.5 Å². The van der Waals surface area contributed by atoms with Gasteiger partial charge in [0.25, 0.3) is 5.56 Å². The third kappa shape index (κ3) is 4.08. The number of aromatic nitrogens is 3. The molecule has 0 aliphatic rings. The zero-order chi connectivity index (χ0) is 21.1. The predicted molar refractivity (Wildman–Crippen MR) is 120 cm³/mol. The first-order chi connectivity index (χ1) is 14.6. The number of rotatable bonds is 7. The molecule has 3 aromatic heterocycles. The highest BCUT2D eigenvalue weighted by Crippen LogP contribution is 2.30. The fourth-order valence-electron chi connectivity index (χ4n) is 3.04. The number of halogens is 1. The molecule has 1 N–H and O–H groups in total. The van der Waals surface area contributed by atoms with Crippen LogP contribution in [-0.4, -0.2) is 26.2 Å². The number of anilines is 1. The van der Waals surface area contributed by atoms with Crippen LogP contribution >= 0.6 is 23.1 Å². The number of amides is 1. The number of benzene rings is 1. The lowest BCUT2D eigenvalue weighted by atomic mass is 10.3. The van der Waals surface area contributed by atoms with Gasteiger partial charge in [0.1, 0.15) is 15.3 Å². The fourth-order valence-corrected chi connectivity index (χ4v) is 4.89. The van der Waals surface area contributed by atoms with E-state index in [1.54, 1.807) is 22.9 Å². The van der Waals surface area contributed by atoms with Gasteiger partial charge in [-0.3, -0.25) is 14.2 Å². The second-order valence-corrected chi connectivity index (χ2v) is 8.60. The van der Waals surface area contributed by atoms with Crippen molar-refractivity contribution in [3.05, 3.63) is 58.8 Å². The third-order valence-corrected chi connectivity index (χ3v) is 6.60. The van der Waals surface area contributed by atoms with Crippen LogP contribution in [0.3, 0.4) is 0 Å². The quantitative estimate of drug-likeness (QED) is 0.332. The Morgan fingerprint density at radius 1 is 1.27 bits per heavy atom. The molecular formula is C21H19FN4O2S2. The summed E-state index contributed by atoms with van der Waals surface area (Å²) in [4.78, 5) is 35.3. The Hall–Kier alpha value is -2.78. The van der Waals surface area contributed by atoms with Gasteiger partial charge in [-0.1, -0.05) is 37.2 Å². The molecule has 0 radical (unpaired) electrons. The molecule has 1 aromatic carbocycles. The maximum absolute atomic E-state index is 13.8. The number of para-hydroxylation sites is 1. The van der Waals surface area contributed by atoms with E-state index in [9.17, 15) is 14.0 Å². The zero-order valence-electron chi connectivity index (χ0n) is 16.2. The van der Waals surface area contributed by atoms with E-state index in [-0.39, 0.29) is 22.9 Å². The lowest BCUT2D eigenvalue weighted by Gasteiger charge is -2.12. The number of thioether (sulfide) groups is 1. The lowest BCUT2D eigenvalue weighted by molar-refractivity contribution is -0.113. The van der Waals surface area contributed by atoms with Crippen LogP contribution in [0.4, 0.5) is 10.1 Å². The van der Waals surface area contributed by atoms with Gasteiger partial charge in [-0.25, -0.2) is 14.4 Å². The van der Waals surface area contributed by atoms with Crippen LogP contribution in [0.15, 0.2) is 52.5 Å². The first kappa shape index (κ1) is 20.5. The van der Waals surface area contributed by atoms with Gasteiger partial charge in [-0.15, -0.1) is 11.3 Å². The van der Waals surface area contributed by atoms with Crippen molar-refractivity contribution >= 4 is 55.1 Å². The van der Waals surface area contributed by atoms with Crippen molar-refractivity contribution in [3.63, 3.8) is 0 Å². The SMILES string of the molecule is CCCCn1c(SCC(=O)Nc2ccccc2F)nc2c(sc3ncccc32)c1=O. The summed E-state index contributed by atoms with van der Waals surface area (Å²) in [5.74, 6) is -0.843. The Balaban J connectivity index is 1.66. The molecule has 4 aromatic rings. The minimum Gasteiger partial charge on any atom is -0.323 e. The van der Waals surface area contributed by atoms with E-state index in [1.807, 2.05) is 12.1 Å². The maximum Gasteiger partial charge on any atom is 0.272 e. The van der Waals surface area contributed by atoms with Crippen molar-refractivity contribution in [2.75, 3.05) is 11.1 Å². The highest BCUT2D eigenvalue weighted by Gasteiger charge is 2.18. The monoisotopic (exact) mass is 442 g/mol. The predicted octanol–water partition coefficient (Wildman–Crippen LogP) is 4.68. The molecule has 0 saturated heterocycles. The van der Waals surface area contributed by atoms with E-state index in [0.717, 1.165) is 23.1 Å². The number of hydrogen-bond acceptors (Lipinski definition) is 6. The zero-order valence-corrected chi connectivity index (χ0v) is 17.9. The molecule has 30 heavy (non-hydrogen) atoms. The van der Waals surface area contributed by atoms with E-state index >= 15 is 0 Å². The van der Waals surface area contributed by atoms with E-state index in [1.165, 1.54) is 35.2 Å². The molecule has 3 heterocycles. The van der Waals surface area contributed by atoms with Crippen LogP contribution in [0.25, 0.3) is 20.4 Å². The number of carbonyl (C=O) groups excluding carboxylic acids is 1. The molecule has 0 saturated carbocycles. The van der Waals surface area contributed by atoms with E-state index in [4.69, 9.17) is 4.98 Å². The Bertz CT molecular complexity index is 1290. The number of fused-ring (bicyclic) bond motifs is 3. The molecule has 0 spiro atoms. The van der Waals surface area contributed by atoms with Crippen molar-refractivity contribution in [1.29, 1.82) is 0 Å². The van der Waals surface area contributed by atoms with Crippen molar-refractivity contribution < 1.29 is 9.18 Å². The summed E-state index contributed by atoms with van der Waals surface area (Å²) in [5, 5.41) is 3.87. The van der Waals surface area contributed by atoms with Crippen LogP contribution in [0, 0.1) is 5.82 Å².